The summed E-state index contributed by atoms with van der Waals surface area (Å²) >= 11 is 0. The molecule has 0 radical (unpaired) electrons. The predicted octanol–water partition coefficient (Wildman–Crippen LogP) is 3.75. The van der Waals surface area contributed by atoms with E-state index in [-0.39, 0.29) is 5.92 Å². The molecule has 1 fully saturated rings. The normalized spacial score (nSPS) is 17.6. The third-order valence-electron chi connectivity index (χ3n) is 4.79. The Bertz CT molecular complexity index is 710. The first-order valence-electron chi connectivity index (χ1n) is 8.23. The van der Waals surface area contributed by atoms with Gasteiger partial charge in [0.2, 0.25) is 0 Å². The molecule has 4 nitrogen and oxygen atoms in total. The van der Waals surface area contributed by atoms with Gasteiger partial charge in [0, 0.05) is 31.0 Å². The van der Waals surface area contributed by atoms with E-state index in [1.54, 1.807) is 12.4 Å². The van der Waals surface area contributed by atoms with E-state index in [0.29, 0.717) is 18.8 Å². The summed E-state index contributed by atoms with van der Waals surface area (Å²) in [6.45, 7) is 3.30. The van der Waals surface area contributed by atoms with Crippen LogP contribution >= 0.6 is 0 Å². The maximum absolute atomic E-state index is 12.6. The molecule has 0 amide bonds. The molecule has 1 aliphatic heterocycles. The highest BCUT2D eigenvalue weighted by molar-refractivity contribution is 5.45. The highest BCUT2D eigenvalue weighted by atomic mass is 19.4. The van der Waals surface area contributed by atoms with E-state index in [9.17, 15) is 18.3 Å². The number of pyridine rings is 2. The molecule has 3 rings (SSSR count). The molecule has 2 aromatic rings. The van der Waals surface area contributed by atoms with Gasteiger partial charge in [0.05, 0.1) is 18.0 Å². The van der Waals surface area contributed by atoms with Crippen LogP contribution in [0.25, 0.3) is 0 Å². The lowest BCUT2D eigenvalue weighted by Crippen LogP contribution is -2.35. The molecule has 1 saturated heterocycles. The molecule has 7 heteroatoms. The zero-order chi connectivity index (χ0) is 18.0. The molecule has 0 aliphatic carbocycles. The second-order valence-corrected chi connectivity index (χ2v) is 6.40. The van der Waals surface area contributed by atoms with Crippen LogP contribution in [0, 0.1) is 12.8 Å². The molecule has 0 bridgehead atoms. The Morgan fingerprint density at radius 1 is 1.16 bits per heavy atom. The van der Waals surface area contributed by atoms with E-state index in [0.717, 1.165) is 30.0 Å². The van der Waals surface area contributed by atoms with E-state index < -0.39 is 18.0 Å². The standard InChI is InChI=1S/C18H20F3N3O/c1-12-4-7-22-11-15(12)17(25)13-5-8-24(9-6-13)14-2-3-16(23-10-14)18(19,20)21/h2-4,7,10-11,13,17,25H,5-6,8-9H2,1H3. The monoisotopic (exact) mass is 351 g/mol. The number of rotatable bonds is 3. The lowest BCUT2D eigenvalue weighted by atomic mass is 9.86. The van der Waals surface area contributed by atoms with Gasteiger partial charge >= 0.3 is 6.18 Å². The zero-order valence-corrected chi connectivity index (χ0v) is 13.9. The predicted molar refractivity (Wildman–Crippen MR) is 88.1 cm³/mol. The minimum atomic E-state index is -4.42. The van der Waals surface area contributed by atoms with Crippen molar-refractivity contribution in [3.05, 3.63) is 53.6 Å². The summed E-state index contributed by atoms with van der Waals surface area (Å²) in [4.78, 5) is 9.60. The smallest absolute Gasteiger partial charge is 0.388 e. The van der Waals surface area contributed by atoms with E-state index in [1.807, 2.05) is 17.9 Å². The van der Waals surface area contributed by atoms with Gasteiger partial charge in [-0.3, -0.25) is 4.98 Å². The molecule has 0 aromatic carbocycles. The maximum Gasteiger partial charge on any atom is 0.433 e. The molecule has 25 heavy (non-hydrogen) atoms. The van der Waals surface area contributed by atoms with Gasteiger partial charge in [-0.05, 0) is 49.4 Å². The quantitative estimate of drug-likeness (QED) is 0.915. The van der Waals surface area contributed by atoms with Gasteiger partial charge in [-0.15, -0.1) is 0 Å². The van der Waals surface area contributed by atoms with Crippen molar-refractivity contribution in [3.8, 4) is 0 Å². The Labute approximate surface area is 144 Å². The highest BCUT2D eigenvalue weighted by Crippen LogP contribution is 2.34. The molecule has 1 atom stereocenters. The van der Waals surface area contributed by atoms with Gasteiger partial charge in [-0.1, -0.05) is 0 Å². The fourth-order valence-corrected chi connectivity index (χ4v) is 3.25. The number of hydrogen-bond acceptors (Lipinski definition) is 4. The molecular weight excluding hydrogens is 331 g/mol. The summed E-state index contributed by atoms with van der Waals surface area (Å²) in [5.41, 5.74) is 1.65. The van der Waals surface area contributed by atoms with E-state index in [1.165, 1.54) is 12.3 Å². The average Bonchev–Trinajstić information content (AvgIpc) is 2.61. The first kappa shape index (κ1) is 17.7. The van der Waals surface area contributed by atoms with Crippen molar-refractivity contribution in [1.29, 1.82) is 0 Å². The van der Waals surface area contributed by atoms with Crippen molar-refractivity contribution in [3.63, 3.8) is 0 Å². The third kappa shape index (κ3) is 3.92. The first-order chi connectivity index (χ1) is 11.9. The van der Waals surface area contributed by atoms with Crippen LogP contribution in [0.3, 0.4) is 0 Å². The van der Waals surface area contributed by atoms with Crippen LogP contribution in [0.5, 0.6) is 0 Å². The molecule has 2 aromatic heterocycles. The van der Waals surface area contributed by atoms with E-state index in [4.69, 9.17) is 0 Å². The van der Waals surface area contributed by atoms with Crippen molar-refractivity contribution in [2.75, 3.05) is 18.0 Å². The molecule has 1 aliphatic rings. The number of aliphatic hydroxyl groups is 1. The number of halogens is 3. The summed E-state index contributed by atoms with van der Waals surface area (Å²) in [6, 6.07) is 4.34. The van der Waals surface area contributed by atoms with Gasteiger partial charge in [0.25, 0.3) is 0 Å². The zero-order valence-electron chi connectivity index (χ0n) is 13.9. The number of aryl methyl sites for hydroxylation is 1. The van der Waals surface area contributed by atoms with Crippen molar-refractivity contribution in [2.24, 2.45) is 5.92 Å². The van der Waals surface area contributed by atoms with Gasteiger partial charge in [-0.25, -0.2) is 4.98 Å². The number of alkyl halides is 3. The van der Waals surface area contributed by atoms with Gasteiger partial charge in [-0.2, -0.15) is 13.2 Å². The Morgan fingerprint density at radius 3 is 2.44 bits per heavy atom. The molecule has 1 N–H and O–H groups in total. The van der Waals surface area contributed by atoms with Crippen molar-refractivity contribution in [2.45, 2.75) is 32.0 Å². The van der Waals surface area contributed by atoms with Crippen LogP contribution in [0.4, 0.5) is 18.9 Å². The molecule has 134 valence electrons. The van der Waals surface area contributed by atoms with Gasteiger partial charge in [0.1, 0.15) is 5.69 Å². The number of hydrogen-bond donors (Lipinski definition) is 1. The lowest BCUT2D eigenvalue weighted by Gasteiger charge is -2.35. The summed E-state index contributed by atoms with van der Waals surface area (Å²) in [6.07, 6.45) is 1.20. The molecular formula is C18H20F3N3O. The van der Waals surface area contributed by atoms with Crippen LogP contribution in [0.15, 0.2) is 36.8 Å². The summed E-state index contributed by atoms with van der Waals surface area (Å²) in [5, 5.41) is 10.6. The number of nitrogens with zero attached hydrogens (tertiary/aromatic N) is 3. The van der Waals surface area contributed by atoms with E-state index >= 15 is 0 Å². The van der Waals surface area contributed by atoms with Gasteiger partial charge < -0.3 is 10.0 Å². The Hall–Kier alpha value is -2.15. The average molecular weight is 351 g/mol. The molecule has 0 spiro atoms. The fourth-order valence-electron chi connectivity index (χ4n) is 3.25. The van der Waals surface area contributed by atoms with Gasteiger partial charge in [0.15, 0.2) is 0 Å². The van der Waals surface area contributed by atoms with Crippen molar-refractivity contribution < 1.29 is 18.3 Å². The highest BCUT2D eigenvalue weighted by Gasteiger charge is 2.32. The van der Waals surface area contributed by atoms with E-state index in [2.05, 4.69) is 9.97 Å². The van der Waals surface area contributed by atoms with Crippen LogP contribution < -0.4 is 4.90 Å². The Kier molecular flexibility index (Phi) is 4.94. The Balaban J connectivity index is 1.63. The van der Waals surface area contributed by atoms with Crippen molar-refractivity contribution >= 4 is 5.69 Å². The van der Waals surface area contributed by atoms with Crippen LogP contribution in [-0.4, -0.2) is 28.2 Å². The minimum absolute atomic E-state index is 0.113. The van der Waals surface area contributed by atoms with Crippen LogP contribution in [0.2, 0.25) is 0 Å². The molecule has 3 heterocycles. The van der Waals surface area contributed by atoms with Crippen LogP contribution in [-0.2, 0) is 6.18 Å². The summed E-state index contributed by atoms with van der Waals surface area (Å²) < 4.78 is 37.8. The topological polar surface area (TPSA) is 49.3 Å². The minimum Gasteiger partial charge on any atom is -0.388 e. The SMILES string of the molecule is Cc1ccncc1C(O)C1CCN(c2ccc(C(F)(F)F)nc2)CC1. The second-order valence-electron chi connectivity index (χ2n) is 6.40. The summed E-state index contributed by atoms with van der Waals surface area (Å²) in [7, 11) is 0. The maximum atomic E-state index is 12.6. The first-order valence-corrected chi connectivity index (χ1v) is 8.23. The molecule has 0 saturated carbocycles. The van der Waals surface area contributed by atoms with Crippen molar-refractivity contribution in [1.82, 2.24) is 9.97 Å². The number of aliphatic hydroxyl groups excluding tert-OH is 1. The largest absolute Gasteiger partial charge is 0.433 e. The molecule has 1 unspecified atom stereocenters. The number of aromatic nitrogens is 2. The summed E-state index contributed by atoms with van der Waals surface area (Å²) in [5.74, 6) is 0.113. The third-order valence-corrected chi connectivity index (χ3v) is 4.79. The lowest BCUT2D eigenvalue weighted by molar-refractivity contribution is -0.141. The van der Waals surface area contributed by atoms with Crippen LogP contribution in [0.1, 0.15) is 35.8 Å². The fraction of sp³-hybridized carbons (Fsp3) is 0.444. The number of piperidine rings is 1. The second kappa shape index (κ2) is 7.00. The Morgan fingerprint density at radius 2 is 1.88 bits per heavy atom. The number of anilines is 1.